The Morgan fingerprint density at radius 3 is 2.39 bits per heavy atom. The molecule has 28 heavy (non-hydrogen) atoms. The van der Waals surface area contributed by atoms with Gasteiger partial charge in [0.2, 0.25) is 0 Å². The lowest BCUT2D eigenvalue weighted by Crippen LogP contribution is -2.30. The summed E-state index contributed by atoms with van der Waals surface area (Å²) in [5, 5.41) is -0.212. The van der Waals surface area contributed by atoms with Crippen molar-refractivity contribution in [2.45, 2.75) is 11.1 Å². The molecule has 1 aromatic heterocycles. The van der Waals surface area contributed by atoms with E-state index in [0.717, 1.165) is 30.7 Å². The number of carbonyl (C=O) groups is 1. The molecular formula is C17H11ClF3N3O3S. The minimum Gasteiger partial charge on any atom is -0.304 e. The molecule has 3 rings (SSSR count). The molecule has 1 N–H and O–H groups in total. The zero-order valence-corrected chi connectivity index (χ0v) is 15.4. The Morgan fingerprint density at radius 1 is 1.11 bits per heavy atom. The molecule has 0 bridgehead atoms. The number of benzene rings is 2. The van der Waals surface area contributed by atoms with Crippen molar-refractivity contribution < 1.29 is 26.4 Å². The molecule has 0 unspecified atom stereocenters. The van der Waals surface area contributed by atoms with E-state index in [4.69, 9.17) is 11.6 Å². The monoisotopic (exact) mass is 429 g/mol. The number of carbonyl (C=O) groups excluding carboxylic acids is 1. The van der Waals surface area contributed by atoms with Crippen molar-refractivity contribution in [3.05, 3.63) is 77.3 Å². The van der Waals surface area contributed by atoms with Crippen LogP contribution in [-0.2, 0) is 16.2 Å². The number of nitrogens with zero attached hydrogens (tertiary/aromatic N) is 2. The van der Waals surface area contributed by atoms with Crippen molar-refractivity contribution in [1.29, 1.82) is 0 Å². The predicted molar refractivity (Wildman–Crippen MR) is 94.7 cm³/mol. The molecule has 3 aromatic rings. The molecule has 0 radical (unpaired) electrons. The molecule has 146 valence electrons. The van der Waals surface area contributed by atoms with E-state index in [1.54, 1.807) is 6.07 Å². The summed E-state index contributed by atoms with van der Waals surface area (Å²) in [6, 6.07) is 9.95. The summed E-state index contributed by atoms with van der Waals surface area (Å²) in [5.74, 6) is -0.995. The van der Waals surface area contributed by atoms with Crippen LogP contribution in [0, 0.1) is 0 Å². The molecule has 0 aliphatic heterocycles. The Labute approximate surface area is 162 Å². The summed E-state index contributed by atoms with van der Waals surface area (Å²) < 4.78 is 65.6. The van der Waals surface area contributed by atoms with Gasteiger partial charge in [-0.3, -0.25) is 4.79 Å². The number of sulfonamides is 1. The van der Waals surface area contributed by atoms with Gasteiger partial charge in [0.15, 0.2) is 0 Å². The summed E-state index contributed by atoms with van der Waals surface area (Å²) >= 11 is 5.90. The zero-order chi connectivity index (χ0) is 20.5. The maximum Gasteiger partial charge on any atom is 0.416 e. The minimum absolute atomic E-state index is 0.103. The van der Waals surface area contributed by atoms with Gasteiger partial charge < -0.3 is 4.57 Å². The van der Waals surface area contributed by atoms with E-state index in [1.807, 2.05) is 4.72 Å². The summed E-state index contributed by atoms with van der Waals surface area (Å²) in [7, 11) is -4.09. The highest BCUT2D eigenvalue weighted by atomic mass is 35.5. The lowest BCUT2D eigenvalue weighted by atomic mass is 10.2. The van der Waals surface area contributed by atoms with Gasteiger partial charge in [0.05, 0.1) is 21.2 Å². The van der Waals surface area contributed by atoms with Gasteiger partial charge in [-0.2, -0.15) is 13.2 Å². The number of halogens is 4. The van der Waals surface area contributed by atoms with E-state index < -0.39 is 27.7 Å². The van der Waals surface area contributed by atoms with E-state index in [-0.39, 0.29) is 21.3 Å². The van der Waals surface area contributed by atoms with Gasteiger partial charge in [-0.1, -0.05) is 29.8 Å². The van der Waals surface area contributed by atoms with Crippen molar-refractivity contribution in [3.63, 3.8) is 0 Å². The normalized spacial score (nSPS) is 12.0. The van der Waals surface area contributed by atoms with Crippen molar-refractivity contribution in [2.75, 3.05) is 0 Å². The molecule has 0 spiro atoms. The summed E-state index contributed by atoms with van der Waals surface area (Å²) in [5.41, 5.74) is -1.03. The van der Waals surface area contributed by atoms with Crippen LogP contribution in [0.5, 0.6) is 0 Å². The fourth-order valence-electron chi connectivity index (χ4n) is 2.30. The molecule has 0 saturated heterocycles. The maximum absolute atomic E-state index is 12.7. The fourth-order valence-corrected chi connectivity index (χ4v) is 3.56. The average Bonchev–Trinajstić information content (AvgIpc) is 3.11. The fraction of sp³-hybridized carbons (Fsp3) is 0.0588. The molecule has 11 heteroatoms. The average molecular weight is 430 g/mol. The Bertz CT molecular complexity index is 1130. The molecule has 6 nitrogen and oxygen atoms in total. The Kier molecular flexibility index (Phi) is 5.18. The number of hydrogen-bond donors (Lipinski definition) is 1. The minimum atomic E-state index is -4.55. The van der Waals surface area contributed by atoms with Crippen LogP contribution in [0.1, 0.15) is 16.1 Å². The number of rotatable bonds is 4. The second-order valence-electron chi connectivity index (χ2n) is 5.58. The Morgan fingerprint density at radius 2 is 1.79 bits per heavy atom. The van der Waals surface area contributed by atoms with Crippen molar-refractivity contribution in [3.8, 4) is 5.69 Å². The zero-order valence-electron chi connectivity index (χ0n) is 13.8. The molecule has 0 fully saturated rings. The van der Waals surface area contributed by atoms with Gasteiger partial charge in [-0.15, -0.1) is 0 Å². The number of aromatic nitrogens is 2. The highest BCUT2D eigenvalue weighted by molar-refractivity contribution is 7.90. The van der Waals surface area contributed by atoms with Gasteiger partial charge in [0.1, 0.15) is 12.0 Å². The van der Waals surface area contributed by atoms with Crippen molar-refractivity contribution in [2.24, 2.45) is 0 Å². The van der Waals surface area contributed by atoms with Crippen LogP contribution >= 0.6 is 11.6 Å². The molecule has 0 aliphatic carbocycles. The SMILES string of the molecule is O=C(NS(=O)(=O)c1ccccc1)c1cn(-c2ccc(C(F)(F)F)cc2Cl)cn1. The number of hydrogen-bond acceptors (Lipinski definition) is 4. The standard InChI is InChI=1S/C17H11ClF3N3O3S/c18-13-8-11(17(19,20)21)6-7-15(13)24-9-14(22-10-24)16(25)23-28(26,27)12-4-2-1-3-5-12/h1-10H,(H,23,25). The maximum atomic E-state index is 12.7. The molecule has 0 aliphatic rings. The van der Waals surface area contributed by atoms with Crippen LogP contribution in [0.3, 0.4) is 0 Å². The van der Waals surface area contributed by atoms with Crippen molar-refractivity contribution >= 4 is 27.5 Å². The second kappa shape index (κ2) is 7.28. The largest absolute Gasteiger partial charge is 0.416 e. The molecular weight excluding hydrogens is 419 g/mol. The molecule has 0 saturated carbocycles. The molecule has 1 heterocycles. The Balaban J connectivity index is 1.84. The van der Waals surface area contributed by atoms with Gasteiger partial charge >= 0.3 is 6.18 Å². The van der Waals surface area contributed by atoms with Crippen LogP contribution < -0.4 is 4.72 Å². The van der Waals surface area contributed by atoms with Crippen LogP contribution in [-0.4, -0.2) is 23.9 Å². The smallest absolute Gasteiger partial charge is 0.304 e. The van der Waals surface area contributed by atoms with Gasteiger partial charge in [-0.05, 0) is 30.3 Å². The molecule has 0 atom stereocenters. The van der Waals surface area contributed by atoms with Crippen LogP contribution in [0.25, 0.3) is 5.69 Å². The van der Waals surface area contributed by atoms with Gasteiger partial charge in [0.25, 0.3) is 15.9 Å². The van der Waals surface area contributed by atoms with E-state index in [9.17, 15) is 26.4 Å². The third kappa shape index (κ3) is 4.18. The van der Waals surface area contributed by atoms with E-state index in [2.05, 4.69) is 4.98 Å². The Hall–Kier alpha value is -2.85. The molecule has 2 aromatic carbocycles. The quantitative estimate of drug-likeness (QED) is 0.686. The lowest BCUT2D eigenvalue weighted by Gasteiger charge is -2.10. The number of amides is 1. The third-order valence-corrected chi connectivity index (χ3v) is 5.30. The second-order valence-corrected chi connectivity index (χ2v) is 7.67. The first kappa shape index (κ1) is 19.9. The van der Waals surface area contributed by atoms with Crippen LogP contribution in [0.4, 0.5) is 13.2 Å². The number of nitrogens with one attached hydrogen (secondary N) is 1. The van der Waals surface area contributed by atoms with E-state index in [1.165, 1.54) is 28.8 Å². The summed E-state index contributed by atoms with van der Waals surface area (Å²) in [6.07, 6.45) is -2.25. The van der Waals surface area contributed by atoms with E-state index in [0.29, 0.717) is 0 Å². The highest BCUT2D eigenvalue weighted by Crippen LogP contribution is 2.33. The predicted octanol–water partition coefficient (Wildman–Crippen LogP) is 3.66. The van der Waals surface area contributed by atoms with Gasteiger partial charge in [-0.25, -0.2) is 18.1 Å². The number of imidazole rings is 1. The van der Waals surface area contributed by atoms with Crippen LogP contribution in [0.15, 0.2) is 66.0 Å². The van der Waals surface area contributed by atoms with Gasteiger partial charge in [0, 0.05) is 6.20 Å². The number of alkyl halides is 3. The summed E-state index contributed by atoms with van der Waals surface area (Å²) in [4.78, 5) is 15.9. The first-order chi connectivity index (χ1) is 13.1. The molecule has 1 amide bonds. The first-order valence-electron chi connectivity index (χ1n) is 7.61. The lowest BCUT2D eigenvalue weighted by molar-refractivity contribution is -0.137. The summed E-state index contributed by atoms with van der Waals surface area (Å²) in [6.45, 7) is 0. The third-order valence-electron chi connectivity index (χ3n) is 3.65. The first-order valence-corrected chi connectivity index (χ1v) is 9.47. The van der Waals surface area contributed by atoms with E-state index >= 15 is 0 Å². The van der Waals surface area contributed by atoms with Crippen molar-refractivity contribution in [1.82, 2.24) is 14.3 Å². The topological polar surface area (TPSA) is 81.1 Å². The highest BCUT2D eigenvalue weighted by Gasteiger charge is 2.31. The van der Waals surface area contributed by atoms with Crippen LogP contribution in [0.2, 0.25) is 5.02 Å².